The molecule has 8 heteroatoms. The molecule has 1 aliphatic carbocycles. The number of anilines is 1. The van der Waals surface area contributed by atoms with E-state index >= 15 is 0 Å². The summed E-state index contributed by atoms with van der Waals surface area (Å²) in [7, 11) is -3.51. The standard InChI is InChI=1S/C19H27N3O4S/c1-2-20-27(25,26)17-10-8-15(9-11-17)21-19(24)14-12-18(23)22(13-14)16-6-4-3-5-7-16/h8-11,14,16,20H,2-7,12-13H2,1H3,(H,21,24)/t14-/m1/s1. The number of benzene rings is 1. The van der Waals surface area contributed by atoms with Gasteiger partial charge in [0.05, 0.1) is 10.8 Å². The average Bonchev–Trinajstić information content (AvgIpc) is 3.05. The topological polar surface area (TPSA) is 95.6 Å². The zero-order valence-corrected chi connectivity index (χ0v) is 16.4. The van der Waals surface area contributed by atoms with E-state index in [2.05, 4.69) is 10.0 Å². The highest BCUT2D eigenvalue weighted by Crippen LogP contribution is 2.29. The molecule has 1 aromatic carbocycles. The van der Waals surface area contributed by atoms with E-state index in [1.807, 2.05) is 4.90 Å². The van der Waals surface area contributed by atoms with Crippen LogP contribution in [0.25, 0.3) is 0 Å². The summed E-state index contributed by atoms with van der Waals surface area (Å²) < 4.78 is 26.3. The molecule has 0 spiro atoms. The van der Waals surface area contributed by atoms with E-state index in [4.69, 9.17) is 0 Å². The van der Waals surface area contributed by atoms with Gasteiger partial charge >= 0.3 is 0 Å². The summed E-state index contributed by atoms with van der Waals surface area (Å²) in [6.07, 6.45) is 5.82. The van der Waals surface area contributed by atoms with Crippen LogP contribution in [0.15, 0.2) is 29.2 Å². The van der Waals surface area contributed by atoms with Crippen LogP contribution in [0.3, 0.4) is 0 Å². The predicted molar refractivity (Wildman–Crippen MR) is 103 cm³/mol. The first kappa shape index (κ1) is 19.8. The molecule has 2 amide bonds. The van der Waals surface area contributed by atoms with Gasteiger partial charge in [0.2, 0.25) is 21.8 Å². The molecule has 7 nitrogen and oxygen atoms in total. The van der Waals surface area contributed by atoms with Gasteiger partial charge in [0.15, 0.2) is 0 Å². The van der Waals surface area contributed by atoms with Crippen molar-refractivity contribution in [2.45, 2.75) is 56.4 Å². The van der Waals surface area contributed by atoms with Gasteiger partial charge < -0.3 is 10.2 Å². The number of rotatable bonds is 6. The van der Waals surface area contributed by atoms with E-state index in [0.29, 0.717) is 18.8 Å². The minimum Gasteiger partial charge on any atom is -0.339 e. The number of hydrogen-bond acceptors (Lipinski definition) is 4. The van der Waals surface area contributed by atoms with Crippen LogP contribution in [0.2, 0.25) is 0 Å². The third-order valence-electron chi connectivity index (χ3n) is 5.31. The second-order valence-corrected chi connectivity index (χ2v) is 9.02. The van der Waals surface area contributed by atoms with Crippen LogP contribution in [0.4, 0.5) is 5.69 Å². The quantitative estimate of drug-likeness (QED) is 0.774. The van der Waals surface area contributed by atoms with Crippen LogP contribution in [0, 0.1) is 5.92 Å². The molecular formula is C19H27N3O4S. The van der Waals surface area contributed by atoms with Crippen LogP contribution >= 0.6 is 0 Å². The van der Waals surface area contributed by atoms with Crippen molar-refractivity contribution in [3.8, 4) is 0 Å². The van der Waals surface area contributed by atoms with E-state index in [9.17, 15) is 18.0 Å². The number of nitrogens with one attached hydrogen (secondary N) is 2. The molecule has 1 aliphatic heterocycles. The summed E-state index contributed by atoms with van der Waals surface area (Å²) in [5, 5.41) is 2.81. The molecule has 1 saturated carbocycles. The highest BCUT2D eigenvalue weighted by molar-refractivity contribution is 7.89. The van der Waals surface area contributed by atoms with Gasteiger partial charge in [-0.05, 0) is 37.1 Å². The van der Waals surface area contributed by atoms with Gasteiger partial charge in [0.1, 0.15) is 0 Å². The van der Waals surface area contributed by atoms with Gasteiger partial charge in [-0.25, -0.2) is 13.1 Å². The Kier molecular flexibility index (Phi) is 6.16. The number of likely N-dealkylation sites (tertiary alicyclic amines) is 1. The minimum atomic E-state index is -3.51. The van der Waals surface area contributed by atoms with Crippen molar-refractivity contribution in [3.05, 3.63) is 24.3 Å². The van der Waals surface area contributed by atoms with Gasteiger partial charge in [0, 0.05) is 31.2 Å². The van der Waals surface area contributed by atoms with Gasteiger partial charge in [-0.2, -0.15) is 0 Å². The molecule has 2 fully saturated rings. The normalized spacial score (nSPS) is 21.4. The van der Waals surface area contributed by atoms with Crippen LogP contribution < -0.4 is 10.0 Å². The molecule has 2 aliphatic rings. The summed E-state index contributed by atoms with van der Waals surface area (Å²) in [4.78, 5) is 26.9. The Labute approximate surface area is 160 Å². The number of amides is 2. The van der Waals surface area contributed by atoms with E-state index < -0.39 is 10.0 Å². The molecule has 0 bridgehead atoms. The molecule has 148 valence electrons. The predicted octanol–water partition coefficient (Wildman–Crippen LogP) is 2.10. The van der Waals surface area contributed by atoms with Gasteiger partial charge in [0.25, 0.3) is 0 Å². The number of sulfonamides is 1. The Hall–Kier alpha value is -1.93. The SMILES string of the molecule is CCNS(=O)(=O)c1ccc(NC(=O)[C@@H]2CC(=O)N(C3CCCCC3)C2)cc1. The lowest BCUT2D eigenvalue weighted by Crippen LogP contribution is -2.38. The molecular weight excluding hydrogens is 366 g/mol. The molecule has 27 heavy (non-hydrogen) atoms. The molecule has 1 heterocycles. The number of carbonyl (C=O) groups excluding carboxylic acids is 2. The van der Waals surface area contributed by atoms with Crippen LogP contribution in [0.1, 0.15) is 45.4 Å². The van der Waals surface area contributed by atoms with Gasteiger partial charge in [-0.3, -0.25) is 9.59 Å². The largest absolute Gasteiger partial charge is 0.339 e. The Bertz CT molecular complexity index is 786. The van der Waals surface area contributed by atoms with Gasteiger partial charge in [-0.15, -0.1) is 0 Å². The third-order valence-corrected chi connectivity index (χ3v) is 6.87. The highest BCUT2D eigenvalue weighted by Gasteiger charge is 2.38. The van der Waals surface area contributed by atoms with E-state index in [1.165, 1.54) is 18.6 Å². The van der Waals surface area contributed by atoms with Crippen molar-refractivity contribution in [1.29, 1.82) is 0 Å². The number of carbonyl (C=O) groups is 2. The Morgan fingerprint density at radius 3 is 2.44 bits per heavy atom. The van der Waals surface area contributed by atoms with Crippen LogP contribution in [-0.2, 0) is 19.6 Å². The lowest BCUT2D eigenvalue weighted by atomic mass is 9.94. The summed E-state index contributed by atoms with van der Waals surface area (Å²) >= 11 is 0. The Morgan fingerprint density at radius 2 is 1.81 bits per heavy atom. The summed E-state index contributed by atoms with van der Waals surface area (Å²) in [6.45, 7) is 2.50. The fourth-order valence-corrected chi connectivity index (χ4v) is 4.93. The maximum Gasteiger partial charge on any atom is 0.240 e. The molecule has 3 rings (SSSR count). The minimum absolute atomic E-state index is 0.0640. The smallest absolute Gasteiger partial charge is 0.240 e. The Morgan fingerprint density at radius 1 is 1.15 bits per heavy atom. The van der Waals surface area contributed by atoms with Crippen molar-refractivity contribution in [1.82, 2.24) is 9.62 Å². The van der Waals surface area contributed by atoms with Crippen molar-refractivity contribution in [2.24, 2.45) is 5.92 Å². The highest BCUT2D eigenvalue weighted by atomic mass is 32.2. The zero-order chi connectivity index (χ0) is 19.4. The second-order valence-electron chi connectivity index (χ2n) is 7.25. The van der Waals surface area contributed by atoms with E-state index in [0.717, 1.165) is 25.7 Å². The summed E-state index contributed by atoms with van der Waals surface area (Å²) in [5.74, 6) is -0.484. The maximum absolute atomic E-state index is 12.6. The van der Waals surface area contributed by atoms with E-state index in [-0.39, 0.29) is 35.1 Å². The monoisotopic (exact) mass is 393 g/mol. The number of nitrogens with zero attached hydrogens (tertiary/aromatic N) is 1. The molecule has 0 aromatic heterocycles. The number of hydrogen-bond donors (Lipinski definition) is 2. The van der Waals surface area contributed by atoms with Crippen molar-refractivity contribution >= 4 is 27.5 Å². The average molecular weight is 394 g/mol. The molecule has 1 atom stereocenters. The maximum atomic E-state index is 12.6. The molecule has 0 unspecified atom stereocenters. The fourth-order valence-electron chi connectivity index (χ4n) is 3.89. The van der Waals surface area contributed by atoms with Crippen LogP contribution in [0.5, 0.6) is 0 Å². The van der Waals surface area contributed by atoms with E-state index in [1.54, 1.807) is 19.1 Å². The molecule has 1 aromatic rings. The molecule has 1 saturated heterocycles. The van der Waals surface area contributed by atoms with Crippen molar-refractivity contribution in [2.75, 3.05) is 18.4 Å². The Balaban J connectivity index is 1.60. The van der Waals surface area contributed by atoms with Crippen LogP contribution in [-0.4, -0.2) is 44.3 Å². The summed E-state index contributed by atoms with van der Waals surface area (Å²) in [5.41, 5.74) is 0.527. The lowest BCUT2D eigenvalue weighted by molar-refractivity contribution is -0.130. The molecule has 2 N–H and O–H groups in total. The molecule has 0 radical (unpaired) electrons. The first-order chi connectivity index (χ1) is 12.9. The first-order valence-electron chi connectivity index (χ1n) is 9.61. The summed E-state index contributed by atoms with van der Waals surface area (Å²) in [6, 6.07) is 6.33. The third kappa shape index (κ3) is 4.68. The van der Waals surface area contributed by atoms with Crippen molar-refractivity contribution in [3.63, 3.8) is 0 Å². The fraction of sp³-hybridized carbons (Fsp3) is 0.579. The first-order valence-corrected chi connectivity index (χ1v) is 11.1. The second kappa shape index (κ2) is 8.39. The lowest BCUT2D eigenvalue weighted by Gasteiger charge is -2.31. The zero-order valence-electron chi connectivity index (χ0n) is 15.6. The van der Waals surface area contributed by atoms with Crippen molar-refractivity contribution < 1.29 is 18.0 Å². The van der Waals surface area contributed by atoms with Gasteiger partial charge in [-0.1, -0.05) is 26.2 Å².